The van der Waals surface area contributed by atoms with Gasteiger partial charge in [-0.3, -0.25) is 10.1 Å². The average molecular weight is 201 g/mol. The molecule has 0 aliphatic heterocycles. The van der Waals surface area contributed by atoms with Crippen LogP contribution in [0, 0.1) is 5.92 Å². The first-order valence-corrected chi connectivity index (χ1v) is 4.31. The summed E-state index contributed by atoms with van der Waals surface area (Å²) in [4.78, 5) is 22.0. The van der Waals surface area contributed by atoms with E-state index in [0.29, 0.717) is 6.42 Å². The summed E-state index contributed by atoms with van der Waals surface area (Å²) in [6, 6.07) is 0. The number of aliphatic hydroxyl groups is 1. The first-order chi connectivity index (χ1) is 6.61. The number of alkyl carbamates (subject to hydrolysis) is 1. The zero-order valence-electron chi connectivity index (χ0n) is 8.16. The fraction of sp³-hybridized carbons (Fsp3) is 0.556. The van der Waals surface area contributed by atoms with Crippen LogP contribution in [0.15, 0.2) is 12.7 Å². The average Bonchev–Trinajstić information content (AvgIpc) is 2.15. The number of amides is 2. The normalized spacial score (nSPS) is 11.6. The van der Waals surface area contributed by atoms with Crippen LogP contribution < -0.4 is 5.32 Å². The molecule has 0 saturated carbocycles. The molecule has 0 fully saturated rings. The van der Waals surface area contributed by atoms with Gasteiger partial charge in [-0.1, -0.05) is 19.6 Å². The summed E-state index contributed by atoms with van der Waals surface area (Å²) in [6.07, 6.45) is 0.932. The van der Waals surface area contributed by atoms with Crippen molar-refractivity contribution in [3.8, 4) is 0 Å². The number of nitrogens with one attached hydrogen (secondary N) is 1. The molecule has 0 radical (unpaired) electrons. The molecule has 0 rings (SSSR count). The molecule has 0 saturated heterocycles. The lowest BCUT2D eigenvalue weighted by Gasteiger charge is -2.09. The van der Waals surface area contributed by atoms with Crippen molar-refractivity contribution in [2.45, 2.75) is 13.3 Å². The molecule has 0 aromatic carbocycles. The number of hydrogen-bond acceptors (Lipinski definition) is 4. The molecule has 1 unspecified atom stereocenters. The Bertz CT molecular complexity index is 215. The zero-order valence-corrected chi connectivity index (χ0v) is 8.16. The Balaban J connectivity index is 3.80. The molecule has 5 nitrogen and oxygen atoms in total. The van der Waals surface area contributed by atoms with E-state index in [1.54, 1.807) is 6.92 Å². The van der Waals surface area contributed by atoms with Gasteiger partial charge in [-0.2, -0.15) is 0 Å². The van der Waals surface area contributed by atoms with Crippen molar-refractivity contribution >= 4 is 12.0 Å². The van der Waals surface area contributed by atoms with Gasteiger partial charge >= 0.3 is 6.09 Å². The van der Waals surface area contributed by atoms with Gasteiger partial charge in [-0.05, 0) is 6.42 Å². The van der Waals surface area contributed by atoms with E-state index < -0.39 is 17.9 Å². The largest absolute Gasteiger partial charge is 0.445 e. The minimum atomic E-state index is -0.792. The molecular formula is C9H15NO4. The Morgan fingerprint density at radius 1 is 1.64 bits per heavy atom. The molecule has 80 valence electrons. The molecule has 0 spiro atoms. The van der Waals surface area contributed by atoms with Crippen molar-refractivity contribution in [3.05, 3.63) is 12.7 Å². The van der Waals surface area contributed by atoms with Crippen molar-refractivity contribution in [1.82, 2.24) is 5.32 Å². The highest BCUT2D eigenvalue weighted by Gasteiger charge is 2.15. The minimum Gasteiger partial charge on any atom is -0.445 e. The number of carbonyl (C=O) groups excluding carboxylic acids is 2. The Kier molecular flexibility index (Phi) is 6.39. The minimum absolute atomic E-state index is 0.0630. The summed E-state index contributed by atoms with van der Waals surface area (Å²) in [5.41, 5.74) is 0. The van der Waals surface area contributed by atoms with E-state index >= 15 is 0 Å². The quantitative estimate of drug-likeness (QED) is 0.633. The zero-order chi connectivity index (χ0) is 11.0. The van der Waals surface area contributed by atoms with E-state index in [1.807, 2.05) is 5.32 Å². The Morgan fingerprint density at radius 2 is 2.29 bits per heavy atom. The van der Waals surface area contributed by atoms with Crippen molar-refractivity contribution in [2.75, 3.05) is 13.2 Å². The Hall–Kier alpha value is -1.36. The van der Waals surface area contributed by atoms with Gasteiger partial charge in [0.05, 0.1) is 0 Å². The number of hydrogen-bond donors (Lipinski definition) is 2. The summed E-state index contributed by atoms with van der Waals surface area (Å²) in [7, 11) is 0. The lowest BCUT2D eigenvalue weighted by molar-refractivity contribution is -0.124. The van der Waals surface area contributed by atoms with Crippen LogP contribution in [0.4, 0.5) is 4.79 Å². The number of ether oxygens (including phenoxy) is 1. The van der Waals surface area contributed by atoms with E-state index in [9.17, 15) is 9.59 Å². The highest BCUT2D eigenvalue weighted by molar-refractivity contribution is 5.92. The summed E-state index contributed by atoms with van der Waals surface area (Å²) in [5.74, 6) is -0.857. The van der Waals surface area contributed by atoms with Gasteiger partial charge in [-0.25, -0.2) is 4.79 Å². The predicted molar refractivity (Wildman–Crippen MR) is 50.6 cm³/mol. The van der Waals surface area contributed by atoms with E-state index in [2.05, 4.69) is 11.3 Å². The molecular weight excluding hydrogens is 186 g/mol. The van der Waals surface area contributed by atoms with Gasteiger partial charge in [0.2, 0.25) is 5.91 Å². The Morgan fingerprint density at radius 3 is 2.79 bits per heavy atom. The molecule has 14 heavy (non-hydrogen) atoms. The summed E-state index contributed by atoms with van der Waals surface area (Å²) in [5, 5.41) is 10.6. The molecule has 2 amide bonds. The monoisotopic (exact) mass is 201 g/mol. The van der Waals surface area contributed by atoms with Gasteiger partial charge in [0.1, 0.15) is 6.61 Å². The maximum atomic E-state index is 11.2. The third-order valence-electron chi connectivity index (χ3n) is 1.57. The molecule has 5 heteroatoms. The van der Waals surface area contributed by atoms with Crippen LogP contribution in [0.5, 0.6) is 0 Å². The molecule has 0 heterocycles. The van der Waals surface area contributed by atoms with E-state index in [4.69, 9.17) is 5.11 Å². The SMILES string of the molecule is C=CCOC(=O)NC(=O)C(C)CCO. The van der Waals surface area contributed by atoms with Crippen molar-refractivity contribution in [2.24, 2.45) is 5.92 Å². The van der Waals surface area contributed by atoms with E-state index in [-0.39, 0.29) is 13.2 Å². The van der Waals surface area contributed by atoms with Crippen LogP contribution in [0.2, 0.25) is 0 Å². The highest BCUT2D eigenvalue weighted by atomic mass is 16.5. The van der Waals surface area contributed by atoms with Gasteiger partial charge in [0, 0.05) is 12.5 Å². The fourth-order valence-electron chi connectivity index (χ4n) is 0.719. The lowest BCUT2D eigenvalue weighted by Crippen LogP contribution is -2.35. The number of imide groups is 1. The molecule has 0 aliphatic rings. The van der Waals surface area contributed by atoms with E-state index in [1.165, 1.54) is 6.08 Å². The topological polar surface area (TPSA) is 75.6 Å². The van der Waals surface area contributed by atoms with Crippen LogP contribution in [0.1, 0.15) is 13.3 Å². The summed E-state index contributed by atoms with van der Waals surface area (Å²) >= 11 is 0. The molecule has 2 N–H and O–H groups in total. The van der Waals surface area contributed by atoms with Crippen molar-refractivity contribution in [1.29, 1.82) is 0 Å². The molecule has 1 atom stereocenters. The first kappa shape index (κ1) is 12.6. The second-order valence-corrected chi connectivity index (χ2v) is 2.79. The maximum Gasteiger partial charge on any atom is 0.414 e. The second kappa shape index (κ2) is 7.08. The highest BCUT2D eigenvalue weighted by Crippen LogP contribution is 2.00. The summed E-state index contributed by atoms with van der Waals surface area (Å²) < 4.78 is 4.54. The van der Waals surface area contributed by atoms with Crippen LogP contribution in [0.3, 0.4) is 0 Å². The molecule has 0 aromatic heterocycles. The van der Waals surface area contributed by atoms with Crippen LogP contribution in [-0.2, 0) is 9.53 Å². The van der Waals surface area contributed by atoms with Gasteiger partial charge in [0.25, 0.3) is 0 Å². The number of aliphatic hydroxyl groups excluding tert-OH is 1. The fourth-order valence-corrected chi connectivity index (χ4v) is 0.719. The van der Waals surface area contributed by atoms with Crippen molar-refractivity contribution in [3.63, 3.8) is 0 Å². The maximum absolute atomic E-state index is 11.2. The van der Waals surface area contributed by atoms with Crippen LogP contribution in [-0.4, -0.2) is 30.3 Å². The van der Waals surface area contributed by atoms with E-state index in [0.717, 1.165) is 0 Å². The van der Waals surface area contributed by atoms with Gasteiger partial charge < -0.3 is 9.84 Å². The van der Waals surface area contributed by atoms with Crippen LogP contribution >= 0.6 is 0 Å². The van der Waals surface area contributed by atoms with Gasteiger partial charge in [0.15, 0.2) is 0 Å². The number of carbonyl (C=O) groups is 2. The Labute approximate surface area is 82.7 Å². The molecule has 0 aliphatic carbocycles. The smallest absolute Gasteiger partial charge is 0.414 e. The third-order valence-corrected chi connectivity index (χ3v) is 1.57. The van der Waals surface area contributed by atoms with Crippen molar-refractivity contribution < 1.29 is 19.4 Å². The number of rotatable bonds is 5. The lowest BCUT2D eigenvalue weighted by atomic mass is 10.1. The third kappa shape index (κ3) is 5.31. The van der Waals surface area contributed by atoms with Crippen LogP contribution in [0.25, 0.3) is 0 Å². The predicted octanol–water partition coefficient (Wildman–Crippen LogP) is 0.444. The van der Waals surface area contributed by atoms with Gasteiger partial charge in [-0.15, -0.1) is 0 Å². The molecule has 0 bridgehead atoms. The molecule has 0 aromatic rings. The summed E-state index contributed by atoms with van der Waals surface area (Å²) in [6.45, 7) is 4.95. The second-order valence-electron chi connectivity index (χ2n) is 2.79. The standard InChI is InChI=1S/C9H15NO4/c1-3-6-14-9(13)10-8(12)7(2)4-5-11/h3,7,11H,1,4-6H2,2H3,(H,10,12,13). The first-order valence-electron chi connectivity index (χ1n) is 4.31.